The first kappa shape index (κ1) is 14.8. The third-order valence-electron chi connectivity index (χ3n) is 4.18. The van der Waals surface area contributed by atoms with Gasteiger partial charge < -0.3 is 14.4 Å². The molecule has 4 atom stereocenters. The van der Waals surface area contributed by atoms with E-state index < -0.39 is 0 Å². The number of carbonyl (C=O) groups excluding carboxylic acids is 1. The first-order valence-corrected chi connectivity index (χ1v) is 7.43. The number of carbonyl (C=O) groups is 1. The van der Waals surface area contributed by atoms with Crippen LogP contribution in [0.4, 0.5) is 0 Å². The van der Waals surface area contributed by atoms with Gasteiger partial charge in [-0.2, -0.15) is 0 Å². The summed E-state index contributed by atoms with van der Waals surface area (Å²) in [6.45, 7) is 8.88. The van der Waals surface area contributed by atoms with Crippen molar-refractivity contribution in [2.45, 2.75) is 51.9 Å². The Morgan fingerprint density at radius 1 is 1.42 bits per heavy atom. The van der Waals surface area contributed by atoms with Crippen molar-refractivity contribution in [1.29, 1.82) is 0 Å². The lowest BCUT2D eigenvalue weighted by molar-refractivity contribution is -0.137. The molecule has 0 aliphatic carbocycles. The van der Waals surface area contributed by atoms with Crippen molar-refractivity contribution in [2.75, 3.05) is 26.4 Å². The third kappa shape index (κ3) is 3.27. The second-order valence-corrected chi connectivity index (χ2v) is 5.51. The molecule has 0 spiro atoms. The Labute approximate surface area is 115 Å². The van der Waals surface area contributed by atoms with Crippen LogP contribution >= 0.6 is 0 Å². The van der Waals surface area contributed by atoms with Gasteiger partial charge in [-0.15, -0.1) is 0 Å². The largest absolute Gasteiger partial charge is 0.376 e. The molecule has 2 aliphatic heterocycles. The Morgan fingerprint density at radius 2 is 2.21 bits per heavy atom. The van der Waals surface area contributed by atoms with E-state index in [1.54, 1.807) is 0 Å². The molecule has 5 heteroatoms. The van der Waals surface area contributed by atoms with E-state index >= 15 is 0 Å². The van der Waals surface area contributed by atoms with Gasteiger partial charge in [0.15, 0.2) is 0 Å². The molecule has 0 aromatic carbocycles. The highest BCUT2D eigenvalue weighted by atomic mass is 16.6. The van der Waals surface area contributed by atoms with Crippen molar-refractivity contribution in [3.8, 4) is 0 Å². The number of rotatable bonds is 5. The van der Waals surface area contributed by atoms with E-state index in [1.165, 1.54) is 0 Å². The number of nitrogens with one attached hydrogen (secondary N) is 1. The topological polar surface area (TPSA) is 50.8 Å². The van der Waals surface area contributed by atoms with Gasteiger partial charge >= 0.3 is 0 Å². The fourth-order valence-electron chi connectivity index (χ4n) is 2.76. The van der Waals surface area contributed by atoms with E-state index in [0.29, 0.717) is 32.3 Å². The van der Waals surface area contributed by atoms with Gasteiger partial charge in [0.25, 0.3) is 0 Å². The van der Waals surface area contributed by atoms with Crippen LogP contribution in [0.1, 0.15) is 33.6 Å². The van der Waals surface area contributed by atoms with Gasteiger partial charge in [-0.25, -0.2) is 0 Å². The van der Waals surface area contributed by atoms with Crippen molar-refractivity contribution >= 4 is 5.91 Å². The molecule has 2 rings (SSSR count). The van der Waals surface area contributed by atoms with E-state index in [4.69, 9.17) is 9.47 Å². The van der Waals surface area contributed by atoms with E-state index in [-0.39, 0.29) is 24.2 Å². The van der Waals surface area contributed by atoms with Crippen molar-refractivity contribution in [2.24, 2.45) is 5.92 Å². The Hall–Kier alpha value is -0.650. The van der Waals surface area contributed by atoms with Crippen LogP contribution in [0.15, 0.2) is 0 Å². The Bertz CT molecular complexity index is 305. The predicted octanol–water partition coefficient (Wildman–Crippen LogP) is 0.984. The molecule has 2 aliphatic rings. The molecule has 2 saturated heterocycles. The predicted molar refractivity (Wildman–Crippen MR) is 72.7 cm³/mol. The summed E-state index contributed by atoms with van der Waals surface area (Å²) < 4.78 is 11.1. The van der Waals surface area contributed by atoms with Crippen LogP contribution < -0.4 is 5.32 Å². The highest BCUT2D eigenvalue weighted by Gasteiger charge is 2.41. The first-order chi connectivity index (χ1) is 9.17. The number of nitrogens with zero attached hydrogens (tertiary/aromatic N) is 1. The lowest BCUT2D eigenvalue weighted by Crippen LogP contribution is -2.45. The maximum Gasteiger partial charge on any atom is 0.241 e. The Morgan fingerprint density at radius 3 is 2.79 bits per heavy atom. The van der Waals surface area contributed by atoms with Gasteiger partial charge in [0.1, 0.15) is 0 Å². The first-order valence-electron chi connectivity index (χ1n) is 7.43. The van der Waals surface area contributed by atoms with Crippen LogP contribution in [0, 0.1) is 5.92 Å². The smallest absolute Gasteiger partial charge is 0.241 e. The zero-order valence-electron chi connectivity index (χ0n) is 12.2. The number of hydrogen-bond donors (Lipinski definition) is 1. The molecule has 110 valence electrons. The summed E-state index contributed by atoms with van der Waals surface area (Å²) in [6.07, 6.45) is 2.09. The molecule has 0 aromatic heterocycles. The Kier molecular flexibility index (Phi) is 5.19. The molecule has 1 amide bonds. The lowest BCUT2D eigenvalue weighted by Gasteiger charge is -2.30. The molecule has 0 aromatic rings. The molecule has 4 unspecified atom stereocenters. The monoisotopic (exact) mass is 270 g/mol. The molecular weight excluding hydrogens is 244 g/mol. The average Bonchev–Trinajstić information content (AvgIpc) is 2.76. The second-order valence-electron chi connectivity index (χ2n) is 5.51. The van der Waals surface area contributed by atoms with E-state index in [2.05, 4.69) is 26.1 Å². The molecule has 19 heavy (non-hydrogen) atoms. The molecule has 0 radical (unpaired) electrons. The van der Waals surface area contributed by atoms with Gasteiger partial charge in [0.05, 0.1) is 44.7 Å². The lowest BCUT2D eigenvalue weighted by atomic mass is 9.99. The van der Waals surface area contributed by atoms with Crippen LogP contribution in [0.3, 0.4) is 0 Å². The highest BCUT2D eigenvalue weighted by Crippen LogP contribution is 2.21. The summed E-state index contributed by atoms with van der Waals surface area (Å²) in [6, 6.07) is -0.0422. The normalized spacial score (nSPS) is 33.7. The van der Waals surface area contributed by atoms with E-state index in [0.717, 1.165) is 12.8 Å². The second kappa shape index (κ2) is 6.68. The van der Waals surface area contributed by atoms with Crippen molar-refractivity contribution in [1.82, 2.24) is 10.2 Å². The molecule has 0 saturated carbocycles. The maximum atomic E-state index is 12.5. The third-order valence-corrected chi connectivity index (χ3v) is 4.18. The van der Waals surface area contributed by atoms with Crippen LogP contribution in [0.25, 0.3) is 0 Å². The maximum absolute atomic E-state index is 12.5. The van der Waals surface area contributed by atoms with Crippen LogP contribution in [-0.2, 0) is 14.3 Å². The molecular formula is C14H26N2O3. The minimum Gasteiger partial charge on any atom is -0.376 e. The summed E-state index contributed by atoms with van der Waals surface area (Å²) in [5.41, 5.74) is 0. The molecule has 2 heterocycles. The van der Waals surface area contributed by atoms with Gasteiger partial charge in [-0.05, 0) is 12.3 Å². The van der Waals surface area contributed by atoms with Gasteiger partial charge in [0.2, 0.25) is 5.91 Å². The average molecular weight is 270 g/mol. The van der Waals surface area contributed by atoms with Crippen LogP contribution in [-0.4, -0.2) is 55.5 Å². The van der Waals surface area contributed by atoms with Crippen molar-refractivity contribution < 1.29 is 14.3 Å². The molecule has 0 bridgehead atoms. The Balaban J connectivity index is 1.98. The SMILES string of the molecule is CCC(C)C1NC(CC)N(CC2COCCO2)C1=O. The van der Waals surface area contributed by atoms with Gasteiger partial charge in [0, 0.05) is 0 Å². The van der Waals surface area contributed by atoms with Crippen molar-refractivity contribution in [3.05, 3.63) is 0 Å². The number of hydrogen-bond acceptors (Lipinski definition) is 4. The van der Waals surface area contributed by atoms with Gasteiger partial charge in [-0.3, -0.25) is 10.1 Å². The zero-order chi connectivity index (χ0) is 13.8. The molecule has 1 N–H and O–H groups in total. The van der Waals surface area contributed by atoms with Gasteiger partial charge in [-0.1, -0.05) is 27.2 Å². The summed E-state index contributed by atoms with van der Waals surface area (Å²) in [5, 5.41) is 3.46. The summed E-state index contributed by atoms with van der Waals surface area (Å²) >= 11 is 0. The fourth-order valence-corrected chi connectivity index (χ4v) is 2.76. The minimum atomic E-state index is -0.0422. The van der Waals surface area contributed by atoms with Crippen LogP contribution in [0.2, 0.25) is 0 Å². The quantitative estimate of drug-likeness (QED) is 0.809. The number of ether oxygens (including phenoxy) is 2. The molecule has 2 fully saturated rings. The van der Waals surface area contributed by atoms with Crippen molar-refractivity contribution in [3.63, 3.8) is 0 Å². The number of amides is 1. The minimum absolute atomic E-state index is 0.0178. The van der Waals surface area contributed by atoms with E-state index in [9.17, 15) is 4.79 Å². The molecule has 5 nitrogen and oxygen atoms in total. The summed E-state index contributed by atoms with van der Waals surface area (Å²) in [4.78, 5) is 14.5. The highest BCUT2D eigenvalue weighted by molar-refractivity contribution is 5.84. The van der Waals surface area contributed by atoms with E-state index in [1.807, 2.05) is 4.90 Å². The standard InChI is InChI=1S/C14H26N2O3/c1-4-10(3)13-14(17)16(12(5-2)15-13)8-11-9-18-6-7-19-11/h10-13,15H,4-9H2,1-3H3. The zero-order valence-corrected chi connectivity index (χ0v) is 12.2. The fraction of sp³-hybridized carbons (Fsp3) is 0.929. The summed E-state index contributed by atoms with van der Waals surface area (Å²) in [7, 11) is 0. The van der Waals surface area contributed by atoms with Crippen LogP contribution in [0.5, 0.6) is 0 Å². The summed E-state index contributed by atoms with van der Waals surface area (Å²) in [5.74, 6) is 0.588.